The van der Waals surface area contributed by atoms with Gasteiger partial charge in [0.05, 0.1) is 12.8 Å². The maximum absolute atomic E-state index is 13.8. The number of benzene rings is 2. The van der Waals surface area contributed by atoms with Crippen molar-refractivity contribution in [1.82, 2.24) is 14.8 Å². The lowest BCUT2D eigenvalue weighted by molar-refractivity contribution is -0.131. The minimum absolute atomic E-state index is 0.0151. The number of para-hydroxylation sites is 2. The second kappa shape index (κ2) is 11.2. The molecule has 7 nitrogen and oxygen atoms in total. The van der Waals surface area contributed by atoms with Crippen LogP contribution in [0.25, 0.3) is 10.9 Å². The number of carbonyl (C=O) groups is 2. The highest BCUT2D eigenvalue weighted by molar-refractivity contribution is 6.10. The molecule has 3 heterocycles. The molecule has 0 atom stereocenters. The number of hydrogen-bond donors (Lipinski definition) is 1. The highest BCUT2D eigenvalue weighted by atomic mass is 16.5. The van der Waals surface area contributed by atoms with Crippen molar-refractivity contribution in [1.29, 1.82) is 0 Å². The number of aromatic nitrogens is 1. The molecule has 0 saturated carbocycles. The molecule has 2 aliphatic rings. The number of piperidine rings is 2. The van der Waals surface area contributed by atoms with Gasteiger partial charge in [0.2, 0.25) is 5.91 Å². The van der Waals surface area contributed by atoms with Crippen molar-refractivity contribution in [3.63, 3.8) is 0 Å². The topological polar surface area (TPSA) is 68.9 Å². The second-order valence-corrected chi connectivity index (χ2v) is 10.0. The average Bonchev–Trinajstić information content (AvgIpc) is 3.40. The first-order chi connectivity index (χ1) is 17.6. The first kappa shape index (κ1) is 24.4. The molecule has 0 unspecified atom stereocenters. The van der Waals surface area contributed by atoms with E-state index < -0.39 is 0 Å². The minimum atomic E-state index is -0.218. The van der Waals surface area contributed by atoms with Crippen LogP contribution >= 0.6 is 0 Å². The third-order valence-corrected chi connectivity index (χ3v) is 7.65. The molecule has 2 fully saturated rings. The molecule has 7 heteroatoms. The lowest BCUT2D eigenvalue weighted by Gasteiger charge is -2.37. The van der Waals surface area contributed by atoms with Crippen molar-refractivity contribution < 1.29 is 14.3 Å². The molecule has 2 amide bonds. The number of H-pyrrole nitrogens is 1. The molecular formula is C29H36N4O3. The van der Waals surface area contributed by atoms with Gasteiger partial charge in [-0.05, 0) is 80.4 Å². The van der Waals surface area contributed by atoms with E-state index in [4.69, 9.17) is 4.74 Å². The first-order valence-electron chi connectivity index (χ1n) is 13.1. The van der Waals surface area contributed by atoms with Crippen molar-refractivity contribution in [2.24, 2.45) is 5.92 Å². The summed E-state index contributed by atoms with van der Waals surface area (Å²) in [7, 11) is 1.58. The van der Waals surface area contributed by atoms with Gasteiger partial charge in [0.25, 0.3) is 5.91 Å². The number of likely N-dealkylation sites (tertiary alicyclic amines) is 2. The van der Waals surface area contributed by atoms with Gasteiger partial charge in [-0.2, -0.15) is 0 Å². The van der Waals surface area contributed by atoms with Crippen LogP contribution in [0.4, 0.5) is 5.69 Å². The van der Waals surface area contributed by atoms with E-state index in [0.717, 1.165) is 43.4 Å². The standard InChI is InChI=1S/C29H36N4O3/c1-36-27-8-4-3-7-26(27)33(29(35)24-10-9-23-11-14-30-25(23)19-24)21-28(34)32-17-12-22(13-18-32)20-31-15-5-2-6-16-31/h3-4,7-11,14,19,22,30H,2,5-6,12-13,15-18,20-21H2,1H3. The van der Waals surface area contributed by atoms with Crippen LogP contribution in [0.15, 0.2) is 54.7 Å². The molecule has 5 rings (SSSR count). The van der Waals surface area contributed by atoms with Gasteiger partial charge < -0.3 is 19.5 Å². The number of methoxy groups -OCH3 is 1. The van der Waals surface area contributed by atoms with Gasteiger partial charge in [-0.1, -0.05) is 24.6 Å². The Hall–Kier alpha value is -3.32. The predicted octanol–water partition coefficient (Wildman–Crippen LogP) is 4.55. The summed E-state index contributed by atoms with van der Waals surface area (Å²) in [6, 6.07) is 14.9. The van der Waals surface area contributed by atoms with Crippen LogP contribution in [0.3, 0.4) is 0 Å². The van der Waals surface area contributed by atoms with Crippen LogP contribution in [0.2, 0.25) is 0 Å². The lowest BCUT2D eigenvalue weighted by Crippen LogP contribution is -2.47. The Balaban J connectivity index is 1.30. The van der Waals surface area contributed by atoms with Gasteiger partial charge >= 0.3 is 0 Å². The van der Waals surface area contributed by atoms with Crippen molar-refractivity contribution in [2.45, 2.75) is 32.1 Å². The summed E-state index contributed by atoms with van der Waals surface area (Å²) in [6.45, 7) is 5.06. The monoisotopic (exact) mass is 488 g/mol. The summed E-state index contributed by atoms with van der Waals surface area (Å²) in [4.78, 5) is 36.5. The number of fused-ring (bicyclic) bond motifs is 1. The van der Waals surface area contributed by atoms with Gasteiger partial charge in [-0.3, -0.25) is 14.5 Å². The summed E-state index contributed by atoms with van der Waals surface area (Å²) in [6.07, 6.45) is 7.86. The predicted molar refractivity (Wildman–Crippen MR) is 143 cm³/mol. The molecule has 2 aromatic carbocycles. The number of amides is 2. The smallest absolute Gasteiger partial charge is 0.258 e. The van der Waals surface area contributed by atoms with E-state index in [-0.39, 0.29) is 18.4 Å². The van der Waals surface area contributed by atoms with Crippen molar-refractivity contribution >= 4 is 28.4 Å². The lowest BCUT2D eigenvalue weighted by atomic mass is 9.95. The van der Waals surface area contributed by atoms with E-state index in [2.05, 4.69) is 9.88 Å². The maximum atomic E-state index is 13.8. The van der Waals surface area contributed by atoms with Gasteiger partial charge in [-0.25, -0.2) is 0 Å². The Morgan fingerprint density at radius 3 is 2.56 bits per heavy atom. The average molecular weight is 489 g/mol. The van der Waals surface area contributed by atoms with E-state index >= 15 is 0 Å². The SMILES string of the molecule is COc1ccccc1N(CC(=O)N1CCC(CN2CCCCC2)CC1)C(=O)c1ccc2cc[nH]c2c1. The second-order valence-electron chi connectivity index (χ2n) is 10.0. The minimum Gasteiger partial charge on any atom is -0.495 e. The Morgan fingerprint density at radius 1 is 1.00 bits per heavy atom. The zero-order chi connectivity index (χ0) is 24.9. The van der Waals surface area contributed by atoms with Gasteiger partial charge in [0.1, 0.15) is 12.3 Å². The number of hydrogen-bond acceptors (Lipinski definition) is 4. The van der Waals surface area contributed by atoms with E-state index in [1.807, 2.05) is 59.6 Å². The van der Waals surface area contributed by atoms with Crippen LogP contribution in [0, 0.1) is 5.92 Å². The van der Waals surface area contributed by atoms with Crippen LogP contribution in [-0.2, 0) is 4.79 Å². The fourth-order valence-electron chi connectivity index (χ4n) is 5.56. The Labute approximate surface area is 213 Å². The number of ether oxygens (including phenoxy) is 1. The highest BCUT2D eigenvalue weighted by Gasteiger charge is 2.29. The zero-order valence-electron chi connectivity index (χ0n) is 21.1. The highest BCUT2D eigenvalue weighted by Crippen LogP contribution is 2.30. The summed E-state index contributed by atoms with van der Waals surface area (Å²) < 4.78 is 5.55. The fourth-order valence-corrected chi connectivity index (χ4v) is 5.56. The molecule has 0 spiro atoms. The normalized spacial score (nSPS) is 17.3. The van der Waals surface area contributed by atoms with Gasteiger partial charge in [0.15, 0.2) is 0 Å². The third-order valence-electron chi connectivity index (χ3n) is 7.65. The van der Waals surface area contributed by atoms with Crippen molar-refractivity contribution in [2.75, 3.05) is 51.3 Å². The number of nitrogens with zero attached hydrogens (tertiary/aromatic N) is 3. The van der Waals surface area contributed by atoms with Crippen LogP contribution in [0.1, 0.15) is 42.5 Å². The van der Waals surface area contributed by atoms with Crippen LogP contribution in [-0.4, -0.2) is 73.0 Å². The van der Waals surface area contributed by atoms with E-state index in [1.165, 1.54) is 32.4 Å². The van der Waals surface area contributed by atoms with Crippen molar-refractivity contribution in [3.8, 4) is 5.75 Å². The number of anilines is 1. The molecule has 0 aliphatic carbocycles. The number of aromatic amines is 1. The van der Waals surface area contributed by atoms with E-state index in [1.54, 1.807) is 12.0 Å². The fraction of sp³-hybridized carbons (Fsp3) is 0.448. The first-order valence-corrected chi connectivity index (χ1v) is 13.1. The maximum Gasteiger partial charge on any atom is 0.258 e. The summed E-state index contributed by atoms with van der Waals surface area (Å²) in [5, 5.41) is 1.04. The molecule has 1 N–H and O–H groups in total. The quantitative estimate of drug-likeness (QED) is 0.530. The molecule has 0 bridgehead atoms. The number of carbonyl (C=O) groups excluding carboxylic acids is 2. The Morgan fingerprint density at radius 2 is 1.78 bits per heavy atom. The molecule has 190 valence electrons. The molecule has 2 saturated heterocycles. The van der Waals surface area contributed by atoms with E-state index in [9.17, 15) is 9.59 Å². The van der Waals surface area contributed by atoms with Gasteiger partial charge in [0, 0.05) is 36.9 Å². The van der Waals surface area contributed by atoms with E-state index in [0.29, 0.717) is 22.9 Å². The summed E-state index contributed by atoms with van der Waals surface area (Å²) >= 11 is 0. The van der Waals surface area contributed by atoms with Gasteiger partial charge in [-0.15, -0.1) is 0 Å². The molecule has 2 aliphatic heterocycles. The molecule has 0 radical (unpaired) electrons. The largest absolute Gasteiger partial charge is 0.495 e. The Kier molecular flexibility index (Phi) is 7.56. The van der Waals surface area contributed by atoms with Crippen LogP contribution in [0.5, 0.6) is 5.75 Å². The zero-order valence-corrected chi connectivity index (χ0v) is 21.1. The molecule has 36 heavy (non-hydrogen) atoms. The Bertz CT molecular complexity index is 1190. The molecular weight excluding hydrogens is 452 g/mol. The third kappa shape index (κ3) is 5.41. The number of nitrogens with one attached hydrogen (secondary N) is 1. The van der Waals surface area contributed by atoms with Crippen LogP contribution < -0.4 is 9.64 Å². The summed E-state index contributed by atoms with van der Waals surface area (Å²) in [5.41, 5.74) is 2.02. The molecule has 1 aromatic heterocycles. The molecule has 3 aromatic rings. The summed E-state index contributed by atoms with van der Waals surface area (Å²) in [5.74, 6) is 0.974. The van der Waals surface area contributed by atoms with Crippen molar-refractivity contribution in [3.05, 3.63) is 60.3 Å². The number of rotatable bonds is 7.